The van der Waals surface area contributed by atoms with Crippen molar-refractivity contribution in [3.05, 3.63) is 54.1 Å². The van der Waals surface area contributed by atoms with E-state index >= 15 is 0 Å². The van der Waals surface area contributed by atoms with Crippen LogP contribution in [0.2, 0.25) is 0 Å². The van der Waals surface area contributed by atoms with E-state index in [9.17, 15) is 13.2 Å². The van der Waals surface area contributed by atoms with Crippen LogP contribution in [0.15, 0.2) is 53.4 Å². The van der Waals surface area contributed by atoms with Crippen LogP contribution in [0, 0.1) is 0 Å². The van der Waals surface area contributed by atoms with Gasteiger partial charge in [-0.15, -0.1) is 0 Å². The Hall–Kier alpha value is -2.84. The molecule has 1 amide bonds. The number of ether oxygens (including phenoxy) is 2. The van der Waals surface area contributed by atoms with E-state index in [4.69, 9.17) is 9.47 Å². The second kappa shape index (κ2) is 9.77. The topological polar surface area (TPSA) is 84.9 Å². The Morgan fingerprint density at radius 1 is 1.13 bits per heavy atom. The van der Waals surface area contributed by atoms with Gasteiger partial charge in [0, 0.05) is 24.9 Å². The Kier molecular flexibility index (Phi) is 7.12. The first-order valence-electron chi connectivity index (χ1n) is 9.84. The number of hydrogen-bond donors (Lipinski definition) is 1. The largest absolute Gasteiger partial charge is 0.497 e. The lowest BCUT2D eigenvalue weighted by molar-refractivity contribution is -0.111. The van der Waals surface area contributed by atoms with Crippen LogP contribution in [-0.4, -0.2) is 45.4 Å². The van der Waals surface area contributed by atoms with Crippen molar-refractivity contribution >= 4 is 27.7 Å². The molecule has 0 aromatic heterocycles. The third-order valence-corrected chi connectivity index (χ3v) is 6.66. The van der Waals surface area contributed by atoms with E-state index in [2.05, 4.69) is 5.32 Å². The van der Waals surface area contributed by atoms with E-state index in [1.807, 2.05) is 12.1 Å². The standard InChI is InChI=1S/C22H26N2O5S/c1-3-29-20-12-9-18(16-21(20)30(26,27)24-14-4-5-15-24)23-22(25)13-8-17-6-10-19(28-2)11-7-17/h6-13,16H,3-5,14-15H2,1-2H3,(H,23,25)/b13-8+. The number of benzene rings is 2. The number of anilines is 1. The van der Waals surface area contributed by atoms with Crippen molar-refractivity contribution in [1.29, 1.82) is 0 Å². The Bertz CT molecular complexity index is 1010. The molecule has 30 heavy (non-hydrogen) atoms. The Balaban J connectivity index is 1.78. The summed E-state index contributed by atoms with van der Waals surface area (Å²) in [6.07, 6.45) is 4.75. The molecule has 0 saturated carbocycles. The molecular weight excluding hydrogens is 404 g/mol. The average Bonchev–Trinajstić information content (AvgIpc) is 3.30. The number of hydrogen-bond acceptors (Lipinski definition) is 5. The normalized spacial score (nSPS) is 14.7. The molecular formula is C22H26N2O5S. The number of sulfonamides is 1. The fourth-order valence-corrected chi connectivity index (χ4v) is 4.87. The summed E-state index contributed by atoms with van der Waals surface area (Å²) in [4.78, 5) is 12.4. The highest BCUT2D eigenvalue weighted by atomic mass is 32.2. The van der Waals surface area contributed by atoms with Crippen molar-refractivity contribution in [2.45, 2.75) is 24.7 Å². The van der Waals surface area contributed by atoms with E-state index in [0.717, 1.165) is 24.2 Å². The Labute approximate surface area is 177 Å². The maximum absolute atomic E-state index is 13.0. The van der Waals surface area contributed by atoms with Gasteiger partial charge in [0.25, 0.3) is 0 Å². The molecule has 0 spiro atoms. The van der Waals surface area contributed by atoms with Gasteiger partial charge in [-0.1, -0.05) is 12.1 Å². The van der Waals surface area contributed by atoms with Crippen LogP contribution in [0.4, 0.5) is 5.69 Å². The van der Waals surface area contributed by atoms with Gasteiger partial charge in [0.1, 0.15) is 16.4 Å². The molecule has 3 rings (SSSR count). The van der Waals surface area contributed by atoms with Gasteiger partial charge in [-0.05, 0) is 61.7 Å². The first-order chi connectivity index (χ1) is 14.4. The minimum Gasteiger partial charge on any atom is -0.497 e. The molecule has 1 aliphatic rings. The maximum atomic E-state index is 13.0. The highest BCUT2D eigenvalue weighted by Gasteiger charge is 2.30. The van der Waals surface area contributed by atoms with Gasteiger partial charge in [-0.25, -0.2) is 8.42 Å². The number of nitrogens with zero attached hydrogens (tertiary/aromatic N) is 1. The second-order valence-electron chi connectivity index (χ2n) is 6.80. The molecule has 1 heterocycles. The molecule has 0 unspecified atom stereocenters. The molecule has 0 bridgehead atoms. The molecule has 2 aromatic rings. The summed E-state index contributed by atoms with van der Waals surface area (Å²) < 4.78 is 38.2. The average molecular weight is 431 g/mol. The minimum atomic E-state index is -3.68. The maximum Gasteiger partial charge on any atom is 0.248 e. The van der Waals surface area contributed by atoms with Crippen molar-refractivity contribution in [1.82, 2.24) is 4.31 Å². The number of nitrogens with one attached hydrogen (secondary N) is 1. The summed E-state index contributed by atoms with van der Waals surface area (Å²) in [7, 11) is -2.09. The predicted octanol–water partition coefficient (Wildman–Crippen LogP) is 3.53. The van der Waals surface area contributed by atoms with Crippen molar-refractivity contribution < 1.29 is 22.7 Å². The molecule has 1 aliphatic heterocycles. The van der Waals surface area contributed by atoms with E-state index in [-0.39, 0.29) is 16.6 Å². The number of carbonyl (C=O) groups is 1. The summed E-state index contributed by atoms with van der Waals surface area (Å²) in [5.74, 6) is 0.661. The highest BCUT2D eigenvalue weighted by molar-refractivity contribution is 7.89. The lowest BCUT2D eigenvalue weighted by atomic mass is 10.2. The van der Waals surface area contributed by atoms with E-state index in [1.54, 1.807) is 44.4 Å². The Morgan fingerprint density at radius 3 is 2.47 bits per heavy atom. The third kappa shape index (κ3) is 5.20. The molecule has 8 heteroatoms. The van der Waals surface area contributed by atoms with Crippen LogP contribution in [0.25, 0.3) is 6.08 Å². The number of carbonyl (C=O) groups excluding carboxylic acids is 1. The molecule has 1 fully saturated rings. The molecule has 160 valence electrons. The minimum absolute atomic E-state index is 0.0724. The van der Waals surface area contributed by atoms with Crippen molar-refractivity contribution in [2.75, 3.05) is 32.1 Å². The van der Waals surface area contributed by atoms with Crippen LogP contribution in [0.3, 0.4) is 0 Å². The predicted molar refractivity (Wildman–Crippen MR) is 116 cm³/mol. The Morgan fingerprint density at radius 2 is 1.83 bits per heavy atom. The van der Waals surface area contributed by atoms with Gasteiger partial charge in [-0.3, -0.25) is 4.79 Å². The van der Waals surface area contributed by atoms with Gasteiger partial charge >= 0.3 is 0 Å². The van der Waals surface area contributed by atoms with Crippen LogP contribution < -0.4 is 14.8 Å². The molecule has 0 aliphatic carbocycles. The zero-order valence-corrected chi connectivity index (χ0v) is 17.9. The van der Waals surface area contributed by atoms with Crippen LogP contribution >= 0.6 is 0 Å². The van der Waals surface area contributed by atoms with Gasteiger partial charge in [-0.2, -0.15) is 4.31 Å². The van der Waals surface area contributed by atoms with Crippen molar-refractivity contribution in [3.8, 4) is 11.5 Å². The molecule has 1 saturated heterocycles. The first-order valence-corrected chi connectivity index (χ1v) is 11.3. The van der Waals surface area contributed by atoms with Crippen molar-refractivity contribution in [3.63, 3.8) is 0 Å². The molecule has 2 aromatic carbocycles. The van der Waals surface area contributed by atoms with Crippen LogP contribution in [-0.2, 0) is 14.8 Å². The fraction of sp³-hybridized carbons (Fsp3) is 0.318. The zero-order chi connectivity index (χ0) is 21.6. The molecule has 0 radical (unpaired) electrons. The third-order valence-electron chi connectivity index (χ3n) is 4.74. The SMILES string of the molecule is CCOc1ccc(NC(=O)/C=C/c2ccc(OC)cc2)cc1S(=O)(=O)N1CCCC1. The quantitative estimate of drug-likeness (QED) is 0.648. The van der Waals surface area contributed by atoms with Gasteiger partial charge in [0.2, 0.25) is 15.9 Å². The highest BCUT2D eigenvalue weighted by Crippen LogP contribution is 2.31. The molecule has 0 atom stereocenters. The fourth-order valence-electron chi connectivity index (χ4n) is 3.20. The van der Waals surface area contributed by atoms with E-state index in [1.165, 1.54) is 16.4 Å². The second-order valence-corrected chi connectivity index (χ2v) is 8.71. The van der Waals surface area contributed by atoms with E-state index < -0.39 is 10.0 Å². The lowest BCUT2D eigenvalue weighted by Crippen LogP contribution is -2.28. The lowest BCUT2D eigenvalue weighted by Gasteiger charge is -2.19. The van der Waals surface area contributed by atoms with Crippen LogP contribution in [0.5, 0.6) is 11.5 Å². The molecule has 1 N–H and O–H groups in total. The summed E-state index contributed by atoms with van der Waals surface area (Å²) in [6, 6.07) is 11.9. The first kappa shape index (κ1) is 21.9. The van der Waals surface area contributed by atoms with Crippen molar-refractivity contribution in [2.24, 2.45) is 0 Å². The number of rotatable bonds is 8. The summed E-state index contributed by atoms with van der Waals surface area (Å²) in [6.45, 7) is 3.13. The molecule has 7 nitrogen and oxygen atoms in total. The van der Waals surface area contributed by atoms with Gasteiger partial charge < -0.3 is 14.8 Å². The van der Waals surface area contributed by atoms with E-state index in [0.29, 0.717) is 25.4 Å². The number of amides is 1. The number of methoxy groups -OCH3 is 1. The van der Waals surface area contributed by atoms with Crippen LogP contribution in [0.1, 0.15) is 25.3 Å². The van der Waals surface area contributed by atoms with Gasteiger partial charge in [0.15, 0.2) is 0 Å². The van der Waals surface area contributed by atoms with Gasteiger partial charge in [0.05, 0.1) is 13.7 Å². The summed E-state index contributed by atoms with van der Waals surface area (Å²) in [5.41, 5.74) is 1.23. The summed E-state index contributed by atoms with van der Waals surface area (Å²) in [5, 5.41) is 2.72. The smallest absolute Gasteiger partial charge is 0.248 e. The zero-order valence-electron chi connectivity index (χ0n) is 17.1. The monoisotopic (exact) mass is 430 g/mol. The summed E-state index contributed by atoms with van der Waals surface area (Å²) >= 11 is 0.